The normalized spacial score (nSPS) is 12.0. The second-order valence-corrected chi connectivity index (χ2v) is 10.3. The minimum Gasteiger partial charge on any atom is -0.507 e. The molecule has 186 valence electrons. The number of rotatable bonds is 8. The van der Waals surface area contributed by atoms with Crippen molar-refractivity contribution in [1.82, 2.24) is 5.43 Å². The fraction of sp³-hybridized carbons (Fsp3) is 0.481. The molecule has 2 N–H and O–H groups in total. The number of hydrazone groups is 1. The van der Waals surface area contributed by atoms with Crippen molar-refractivity contribution in [2.75, 3.05) is 21.3 Å². The Balaban J connectivity index is 2.15. The summed E-state index contributed by atoms with van der Waals surface area (Å²) < 4.78 is 16.0. The molecule has 0 atom stereocenters. The minimum atomic E-state index is -0.217. The summed E-state index contributed by atoms with van der Waals surface area (Å²) in [4.78, 5) is 12.5. The van der Waals surface area contributed by atoms with Gasteiger partial charge in [0.25, 0.3) is 0 Å². The van der Waals surface area contributed by atoms with Crippen molar-refractivity contribution < 1.29 is 24.1 Å². The monoisotopic (exact) mass is 470 g/mol. The Bertz CT molecular complexity index is 1010. The molecule has 0 saturated heterocycles. The molecule has 0 bridgehead atoms. The second kappa shape index (κ2) is 10.8. The van der Waals surface area contributed by atoms with Crippen LogP contribution in [0.3, 0.4) is 0 Å². The number of nitrogens with one attached hydrogen (secondary N) is 1. The van der Waals surface area contributed by atoms with Gasteiger partial charge in [-0.2, -0.15) is 5.10 Å². The van der Waals surface area contributed by atoms with E-state index in [0.29, 0.717) is 35.0 Å². The number of aryl methyl sites for hydroxylation is 1. The first kappa shape index (κ1) is 27.0. The number of benzene rings is 2. The van der Waals surface area contributed by atoms with Crippen molar-refractivity contribution in [3.8, 4) is 23.0 Å². The molecule has 0 radical (unpaired) electrons. The Morgan fingerprint density at radius 3 is 1.85 bits per heavy atom. The van der Waals surface area contributed by atoms with Gasteiger partial charge in [0.15, 0.2) is 11.5 Å². The summed E-state index contributed by atoms with van der Waals surface area (Å²) >= 11 is 0. The third-order valence-corrected chi connectivity index (χ3v) is 5.56. The average molecular weight is 471 g/mol. The third kappa shape index (κ3) is 6.65. The van der Waals surface area contributed by atoms with Crippen molar-refractivity contribution >= 4 is 12.1 Å². The number of phenols is 1. The van der Waals surface area contributed by atoms with E-state index in [-0.39, 0.29) is 23.2 Å². The molecule has 0 fully saturated rings. The maximum absolute atomic E-state index is 12.5. The molecule has 0 aliphatic heterocycles. The van der Waals surface area contributed by atoms with E-state index in [2.05, 4.69) is 52.1 Å². The molecule has 0 saturated carbocycles. The fourth-order valence-electron chi connectivity index (χ4n) is 3.62. The summed E-state index contributed by atoms with van der Waals surface area (Å²) in [6.07, 6.45) is 2.31. The van der Waals surface area contributed by atoms with Crippen molar-refractivity contribution in [2.24, 2.45) is 5.10 Å². The van der Waals surface area contributed by atoms with Crippen molar-refractivity contribution in [1.29, 1.82) is 0 Å². The molecule has 0 unspecified atom stereocenters. The first-order chi connectivity index (χ1) is 15.8. The maximum atomic E-state index is 12.5. The molecule has 0 spiro atoms. The second-order valence-electron chi connectivity index (χ2n) is 10.3. The fourth-order valence-corrected chi connectivity index (χ4v) is 3.62. The topological polar surface area (TPSA) is 89.4 Å². The van der Waals surface area contributed by atoms with Gasteiger partial charge in [0, 0.05) is 18.1 Å². The molecule has 7 nitrogen and oxygen atoms in total. The van der Waals surface area contributed by atoms with E-state index in [9.17, 15) is 9.90 Å². The van der Waals surface area contributed by atoms with Gasteiger partial charge in [0.05, 0.1) is 27.5 Å². The Hall–Kier alpha value is -3.22. The molecule has 34 heavy (non-hydrogen) atoms. The van der Waals surface area contributed by atoms with Gasteiger partial charge in [0.1, 0.15) is 11.5 Å². The first-order valence-electron chi connectivity index (χ1n) is 11.3. The third-order valence-electron chi connectivity index (χ3n) is 5.56. The van der Waals surface area contributed by atoms with Crippen LogP contribution in [0.5, 0.6) is 23.0 Å². The highest BCUT2D eigenvalue weighted by Crippen LogP contribution is 2.40. The van der Waals surface area contributed by atoms with E-state index >= 15 is 0 Å². The molecule has 2 rings (SSSR count). The molecule has 0 heterocycles. The standard InChI is InChI=1S/C27H38N2O5/c1-26(2,3)19-12-17(13-20(25(19)31)27(4,5)6)10-11-24(30)29-28-16-18-14-22(33-8)23(34-9)15-21(18)32-7/h12-16,31H,10-11H2,1-9H3,(H,29,30)/b28-16-. The highest BCUT2D eigenvalue weighted by atomic mass is 16.5. The van der Waals surface area contributed by atoms with E-state index in [1.807, 2.05) is 12.1 Å². The summed E-state index contributed by atoms with van der Waals surface area (Å²) in [6, 6.07) is 7.42. The van der Waals surface area contributed by atoms with E-state index < -0.39 is 0 Å². The summed E-state index contributed by atoms with van der Waals surface area (Å²) in [5, 5.41) is 15.0. The average Bonchev–Trinajstić information content (AvgIpc) is 2.76. The molecule has 7 heteroatoms. The number of hydrogen-bond donors (Lipinski definition) is 2. The van der Waals surface area contributed by atoms with Crippen LogP contribution < -0.4 is 19.6 Å². The number of carbonyl (C=O) groups excluding carboxylic acids is 1. The number of aromatic hydroxyl groups is 1. The quantitative estimate of drug-likeness (QED) is 0.414. The summed E-state index contributed by atoms with van der Waals surface area (Å²) in [5.41, 5.74) is 5.56. The molecule has 2 aromatic rings. The molecular formula is C27H38N2O5. The van der Waals surface area contributed by atoms with Crippen molar-refractivity contribution in [3.05, 3.63) is 46.5 Å². The largest absolute Gasteiger partial charge is 0.507 e. The summed E-state index contributed by atoms with van der Waals surface area (Å²) in [5.74, 6) is 1.75. The summed E-state index contributed by atoms with van der Waals surface area (Å²) in [6.45, 7) is 12.4. The van der Waals surface area contributed by atoms with Crippen molar-refractivity contribution in [2.45, 2.75) is 65.2 Å². The molecule has 0 aliphatic carbocycles. The van der Waals surface area contributed by atoms with E-state index in [1.54, 1.807) is 33.5 Å². The highest BCUT2D eigenvalue weighted by Gasteiger charge is 2.26. The smallest absolute Gasteiger partial charge is 0.240 e. The maximum Gasteiger partial charge on any atom is 0.240 e. The zero-order chi connectivity index (χ0) is 25.7. The van der Waals surface area contributed by atoms with Gasteiger partial charge >= 0.3 is 0 Å². The van der Waals surface area contributed by atoms with Gasteiger partial charge in [-0.25, -0.2) is 5.43 Å². The number of ether oxygens (including phenoxy) is 3. The number of hydrogen-bond acceptors (Lipinski definition) is 6. The Labute approximate surface area is 203 Å². The lowest BCUT2D eigenvalue weighted by Gasteiger charge is -2.28. The predicted octanol–water partition coefficient (Wildman–Crippen LogP) is 5.10. The van der Waals surface area contributed by atoms with Gasteiger partial charge < -0.3 is 19.3 Å². The lowest BCUT2D eigenvalue weighted by molar-refractivity contribution is -0.121. The number of methoxy groups -OCH3 is 3. The highest BCUT2D eigenvalue weighted by molar-refractivity contribution is 5.86. The van der Waals surface area contributed by atoms with Crippen LogP contribution in [-0.4, -0.2) is 38.6 Å². The van der Waals surface area contributed by atoms with E-state index in [1.165, 1.54) is 6.21 Å². The lowest BCUT2D eigenvalue weighted by atomic mass is 9.78. The van der Waals surface area contributed by atoms with Gasteiger partial charge in [-0.05, 0) is 40.0 Å². The molecule has 0 aromatic heterocycles. The van der Waals surface area contributed by atoms with Crippen LogP contribution in [0.1, 0.15) is 70.2 Å². The SMILES string of the molecule is COc1cc(OC)c(OC)cc1/C=N\NC(=O)CCc1cc(C(C)(C)C)c(O)c(C(C)(C)C)c1. The number of amides is 1. The van der Waals surface area contributed by atoms with Crippen LogP contribution in [0.2, 0.25) is 0 Å². The number of nitrogens with zero attached hydrogens (tertiary/aromatic N) is 1. The molecule has 0 aliphatic rings. The zero-order valence-electron chi connectivity index (χ0n) is 21.8. The summed E-state index contributed by atoms with van der Waals surface area (Å²) in [7, 11) is 4.65. The molecular weight excluding hydrogens is 432 g/mol. The van der Waals surface area contributed by atoms with Crippen LogP contribution >= 0.6 is 0 Å². The van der Waals surface area contributed by atoms with E-state index in [4.69, 9.17) is 14.2 Å². The van der Waals surface area contributed by atoms with E-state index in [0.717, 1.165) is 16.7 Å². The Kier molecular flexibility index (Phi) is 8.59. The Morgan fingerprint density at radius 2 is 1.38 bits per heavy atom. The zero-order valence-corrected chi connectivity index (χ0v) is 21.8. The number of carbonyl (C=O) groups is 1. The number of phenolic OH excluding ortho intramolecular Hbond substituents is 1. The Morgan fingerprint density at radius 1 is 0.882 bits per heavy atom. The van der Waals surface area contributed by atoms with Crippen LogP contribution in [0, 0.1) is 0 Å². The van der Waals surface area contributed by atoms with Crippen LogP contribution in [0.15, 0.2) is 29.4 Å². The first-order valence-corrected chi connectivity index (χ1v) is 11.3. The van der Waals surface area contributed by atoms with Gasteiger partial charge in [-0.1, -0.05) is 53.7 Å². The molecule has 2 aromatic carbocycles. The lowest BCUT2D eigenvalue weighted by Crippen LogP contribution is -2.20. The van der Waals surface area contributed by atoms with Crippen LogP contribution in [-0.2, 0) is 22.0 Å². The molecule has 1 amide bonds. The van der Waals surface area contributed by atoms with Gasteiger partial charge in [-0.3, -0.25) is 4.79 Å². The van der Waals surface area contributed by atoms with Gasteiger partial charge in [0.2, 0.25) is 5.91 Å². The van der Waals surface area contributed by atoms with Gasteiger partial charge in [-0.15, -0.1) is 0 Å². The minimum absolute atomic E-state index is 0.210. The van der Waals surface area contributed by atoms with Crippen LogP contribution in [0.25, 0.3) is 0 Å². The predicted molar refractivity (Wildman–Crippen MR) is 136 cm³/mol. The van der Waals surface area contributed by atoms with Crippen LogP contribution in [0.4, 0.5) is 0 Å². The van der Waals surface area contributed by atoms with Crippen molar-refractivity contribution in [3.63, 3.8) is 0 Å².